The average molecular weight is 382 g/mol. The van der Waals surface area contributed by atoms with Crippen LogP contribution in [0.25, 0.3) is 0 Å². The summed E-state index contributed by atoms with van der Waals surface area (Å²) < 4.78 is 5.29. The molecule has 28 heavy (non-hydrogen) atoms. The number of esters is 1. The van der Waals surface area contributed by atoms with Crippen molar-refractivity contribution in [1.82, 2.24) is 4.90 Å². The van der Waals surface area contributed by atoms with Gasteiger partial charge in [-0.05, 0) is 24.1 Å². The summed E-state index contributed by atoms with van der Waals surface area (Å²) in [5.41, 5.74) is 1.53. The molecular weight excluding hydrogens is 364 g/mol. The summed E-state index contributed by atoms with van der Waals surface area (Å²) in [5.74, 6) is -1.38. The lowest BCUT2D eigenvalue weighted by Gasteiger charge is -2.26. The van der Waals surface area contributed by atoms with Gasteiger partial charge in [-0.3, -0.25) is 29.4 Å². The van der Waals surface area contributed by atoms with Crippen LogP contribution in [0.5, 0.6) is 0 Å². The zero-order valence-electron chi connectivity index (χ0n) is 15.2. The van der Waals surface area contributed by atoms with E-state index >= 15 is 0 Å². The van der Waals surface area contributed by atoms with Crippen molar-refractivity contribution >= 4 is 23.5 Å². The molecule has 0 bridgehead atoms. The molecular formula is C20H18N2O6. The Labute approximate surface area is 160 Å². The second kappa shape index (κ2) is 7.99. The van der Waals surface area contributed by atoms with Crippen LogP contribution in [0.2, 0.25) is 0 Å². The van der Waals surface area contributed by atoms with Gasteiger partial charge >= 0.3 is 5.97 Å². The first-order valence-corrected chi connectivity index (χ1v) is 8.73. The molecule has 0 radical (unpaired) electrons. The number of nitro benzene ring substituents is 1. The van der Waals surface area contributed by atoms with E-state index in [1.807, 2.05) is 0 Å². The lowest BCUT2D eigenvalue weighted by atomic mass is 9.98. The van der Waals surface area contributed by atoms with E-state index in [1.54, 1.807) is 37.3 Å². The van der Waals surface area contributed by atoms with Gasteiger partial charge in [0.25, 0.3) is 11.6 Å². The molecule has 0 saturated heterocycles. The molecule has 0 fully saturated rings. The molecule has 2 amide bonds. The van der Waals surface area contributed by atoms with Crippen molar-refractivity contribution < 1.29 is 24.0 Å². The molecule has 1 aliphatic heterocycles. The van der Waals surface area contributed by atoms with Crippen LogP contribution in [0.1, 0.15) is 40.9 Å². The van der Waals surface area contributed by atoms with Crippen molar-refractivity contribution in [1.29, 1.82) is 0 Å². The molecule has 1 aliphatic rings. The fourth-order valence-corrected chi connectivity index (χ4v) is 3.04. The van der Waals surface area contributed by atoms with Gasteiger partial charge in [-0.25, -0.2) is 0 Å². The number of fused-ring (bicyclic) bond motifs is 1. The number of benzene rings is 2. The van der Waals surface area contributed by atoms with Gasteiger partial charge in [0.1, 0.15) is 6.10 Å². The summed E-state index contributed by atoms with van der Waals surface area (Å²) in [6, 6.07) is 12.7. The third-order valence-electron chi connectivity index (χ3n) is 4.53. The number of nitrogens with zero attached hydrogens (tertiary/aromatic N) is 2. The Kier molecular flexibility index (Phi) is 5.49. The Morgan fingerprint density at radius 2 is 1.96 bits per heavy atom. The molecule has 0 unspecified atom stereocenters. The Morgan fingerprint density at radius 1 is 1.21 bits per heavy atom. The number of nitro groups is 1. The number of rotatable bonds is 6. The minimum absolute atomic E-state index is 0.0769. The van der Waals surface area contributed by atoms with Gasteiger partial charge in [0.05, 0.1) is 17.8 Å². The molecule has 3 rings (SSSR count). The summed E-state index contributed by atoms with van der Waals surface area (Å²) in [6.07, 6.45) is -0.735. The van der Waals surface area contributed by atoms with Gasteiger partial charge in [-0.1, -0.05) is 30.3 Å². The van der Waals surface area contributed by atoms with Crippen LogP contribution in [0.15, 0.2) is 48.5 Å². The lowest BCUT2D eigenvalue weighted by Crippen LogP contribution is -2.43. The highest BCUT2D eigenvalue weighted by Crippen LogP contribution is 2.23. The van der Waals surface area contributed by atoms with E-state index in [2.05, 4.69) is 0 Å². The Morgan fingerprint density at radius 3 is 2.71 bits per heavy atom. The molecule has 0 saturated carbocycles. The molecule has 144 valence electrons. The normalized spacial score (nSPS) is 14.4. The fourth-order valence-electron chi connectivity index (χ4n) is 3.04. The maximum absolute atomic E-state index is 12.5. The van der Waals surface area contributed by atoms with E-state index in [0.29, 0.717) is 16.7 Å². The monoisotopic (exact) mass is 382 g/mol. The largest absolute Gasteiger partial charge is 0.458 e. The number of carbonyl (C=O) groups is 3. The van der Waals surface area contributed by atoms with Crippen LogP contribution in [-0.4, -0.2) is 34.2 Å². The molecule has 8 nitrogen and oxygen atoms in total. The Bertz CT molecular complexity index is 955. The van der Waals surface area contributed by atoms with Gasteiger partial charge in [0.2, 0.25) is 5.91 Å². The number of ether oxygens (including phenoxy) is 1. The standard InChI is InChI=1S/C20H18N2O6/c1-13(14-6-4-7-16(11-14)22(26)27)28-19(24)9-10-21-18(23)12-15-5-2-3-8-17(15)20(21)25/h2-8,11,13H,9-10,12H2,1H3/t13-/m0/s1. The predicted molar refractivity (Wildman–Crippen MR) is 98.4 cm³/mol. The van der Waals surface area contributed by atoms with Crippen LogP contribution in [0.3, 0.4) is 0 Å². The predicted octanol–water partition coefficient (Wildman–Crippen LogP) is 2.81. The van der Waals surface area contributed by atoms with Gasteiger partial charge < -0.3 is 4.74 Å². The van der Waals surface area contributed by atoms with E-state index in [4.69, 9.17) is 4.74 Å². The summed E-state index contributed by atoms with van der Waals surface area (Å²) in [7, 11) is 0. The average Bonchev–Trinajstić information content (AvgIpc) is 2.67. The molecule has 0 aliphatic carbocycles. The fraction of sp³-hybridized carbons (Fsp3) is 0.250. The molecule has 2 aromatic carbocycles. The van der Waals surface area contributed by atoms with Crippen molar-refractivity contribution in [3.8, 4) is 0 Å². The Balaban J connectivity index is 1.60. The molecule has 1 atom stereocenters. The first kappa shape index (κ1) is 19.2. The van der Waals surface area contributed by atoms with E-state index < -0.39 is 22.9 Å². The zero-order chi connectivity index (χ0) is 20.3. The van der Waals surface area contributed by atoms with Crippen molar-refractivity contribution in [2.24, 2.45) is 0 Å². The molecule has 0 N–H and O–H groups in total. The van der Waals surface area contributed by atoms with E-state index in [1.165, 1.54) is 18.2 Å². The lowest BCUT2D eigenvalue weighted by molar-refractivity contribution is -0.385. The molecule has 2 aromatic rings. The van der Waals surface area contributed by atoms with E-state index in [-0.39, 0.29) is 31.0 Å². The van der Waals surface area contributed by atoms with Gasteiger partial charge in [0, 0.05) is 24.2 Å². The van der Waals surface area contributed by atoms with Gasteiger partial charge in [-0.2, -0.15) is 0 Å². The molecule has 1 heterocycles. The maximum atomic E-state index is 12.5. The second-order valence-electron chi connectivity index (χ2n) is 6.42. The highest BCUT2D eigenvalue weighted by molar-refractivity contribution is 6.09. The van der Waals surface area contributed by atoms with Crippen molar-refractivity contribution in [3.05, 3.63) is 75.3 Å². The topological polar surface area (TPSA) is 107 Å². The van der Waals surface area contributed by atoms with Crippen LogP contribution in [0, 0.1) is 10.1 Å². The van der Waals surface area contributed by atoms with Crippen LogP contribution in [-0.2, 0) is 20.7 Å². The number of carbonyl (C=O) groups excluding carboxylic acids is 3. The number of non-ortho nitro benzene ring substituents is 1. The highest BCUT2D eigenvalue weighted by atomic mass is 16.6. The quantitative estimate of drug-likeness (QED) is 0.329. The minimum atomic E-state index is -0.694. The maximum Gasteiger partial charge on any atom is 0.308 e. The summed E-state index contributed by atoms with van der Waals surface area (Å²) >= 11 is 0. The van der Waals surface area contributed by atoms with Crippen molar-refractivity contribution in [3.63, 3.8) is 0 Å². The van der Waals surface area contributed by atoms with Gasteiger partial charge in [-0.15, -0.1) is 0 Å². The summed E-state index contributed by atoms with van der Waals surface area (Å²) in [5, 5.41) is 10.9. The third-order valence-corrected chi connectivity index (χ3v) is 4.53. The van der Waals surface area contributed by atoms with Crippen LogP contribution in [0.4, 0.5) is 5.69 Å². The number of imide groups is 1. The van der Waals surface area contributed by atoms with Crippen molar-refractivity contribution in [2.45, 2.75) is 25.9 Å². The first-order valence-electron chi connectivity index (χ1n) is 8.73. The minimum Gasteiger partial charge on any atom is -0.458 e. The Hall–Kier alpha value is -3.55. The van der Waals surface area contributed by atoms with Crippen molar-refractivity contribution in [2.75, 3.05) is 6.54 Å². The first-order chi connectivity index (χ1) is 13.4. The molecule has 8 heteroatoms. The second-order valence-corrected chi connectivity index (χ2v) is 6.42. The summed E-state index contributed by atoms with van der Waals surface area (Å²) in [6.45, 7) is 1.52. The van der Waals surface area contributed by atoms with Crippen LogP contribution < -0.4 is 0 Å². The molecule has 0 spiro atoms. The highest BCUT2D eigenvalue weighted by Gasteiger charge is 2.31. The number of hydrogen-bond donors (Lipinski definition) is 0. The van der Waals surface area contributed by atoms with Gasteiger partial charge in [0.15, 0.2) is 0 Å². The summed E-state index contributed by atoms with van der Waals surface area (Å²) in [4.78, 5) is 48.2. The van der Waals surface area contributed by atoms with E-state index in [9.17, 15) is 24.5 Å². The SMILES string of the molecule is C[C@H](OC(=O)CCN1C(=O)Cc2ccccc2C1=O)c1cccc([N+](=O)[O-])c1. The molecule has 0 aromatic heterocycles. The number of hydrogen-bond acceptors (Lipinski definition) is 6. The van der Waals surface area contributed by atoms with E-state index in [0.717, 1.165) is 4.90 Å². The third kappa shape index (κ3) is 4.06. The smallest absolute Gasteiger partial charge is 0.308 e. The van der Waals surface area contributed by atoms with Crippen LogP contribution >= 0.6 is 0 Å². The zero-order valence-corrected chi connectivity index (χ0v) is 15.2. The number of amides is 2.